The molecule has 1 aromatic heterocycles. The molecule has 0 spiro atoms. The predicted octanol–water partition coefficient (Wildman–Crippen LogP) is 4.64. The maximum absolute atomic E-state index is 13.1. The topological polar surface area (TPSA) is 67.9 Å². The first-order valence-corrected chi connectivity index (χ1v) is 11.5. The maximum Gasteiger partial charge on any atom is 0.264 e. The summed E-state index contributed by atoms with van der Waals surface area (Å²) in [6.45, 7) is 2.82. The molecule has 1 N–H and O–H groups in total. The van der Waals surface area contributed by atoms with Crippen molar-refractivity contribution in [3.05, 3.63) is 76.0 Å². The van der Waals surface area contributed by atoms with Crippen LogP contribution in [0.4, 0.5) is 5.69 Å². The monoisotopic (exact) mass is 450 g/mol. The molecule has 0 aliphatic carbocycles. The van der Waals surface area contributed by atoms with Gasteiger partial charge in [-0.2, -0.15) is 0 Å². The van der Waals surface area contributed by atoms with Crippen molar-refractivity contribution < 1.29 is 19.1 Å². The van der Waals surface area contributed by atoms with Gasteiger partial charge in [-0.3, -0.25) is 9.59 Å². The molecule has 0 saturated carbocycles. The van der Waals surface area contributed by atoms with Gasteiger partial charge in [0.15, 0.2) is 6.10 Å². The number of carbonyl (C=O) groups excluding carboxylic acids is 2. The van der Waals surface area contributed by atoms with Gasteiger partial charge in [0.2, 0.25) is 5.91 Å². The molecule has 6 nitrogen and oxygen atoms in total. The number of nitrogens with one attached hydrogen (secondary N) is 1. The fraction of sp³-hybridized carbons (Fsp3) is 0.280. The molecule has 3 aromatic rings. The van der Waals surface area contributed by atoms with Crippen LogP contribution in [-0.2, 0) is 29.1 Å². The Balaban J connectivity index is 1.53. The van der Waals surface area contributed by atoms with E-state index in [1.165, 1.54) is 0 Å². The number of fused-ring (bicyclic) bond motifs is 1. The van der Waals surface area contributed by atoms with Crippen molar-refractivity contribution in [2.75, 3.05) is 12.4 Å². The van der Waals surface area contributed by atoms with Crippen molar-refractivity contribution in [2.45, 2.75) is 39.0 Å². The molecule has 7 heteroatoms. The Bertz CT molecular complexity index is 1080. The van der Waals surface area contributed by atoms with E-state index < -0.39 is 6.10 Å². The fourth-order valence-corrected chi connectivity index (χ4v) is 4.41. The Labute approximate surface area is 191 Å². The van der Waals surface area contributed by atoms with Crippen LogP contribution < -0.4 is 14.8 Å². The van der Waals surface area contributed by atoms with E-state index in [4.69, 9.17) is 9.47 Å². The molecule has 0 fully saturated rings. The quantitative estimate of drug-likeness (QED) is 0.570. The van der Waals surface area contributed by atoms with Crippen LogP contribution in [0.3, 0.4) is 0 Å². The first kappa shape index (κ1) is 21.9. The van der Waals surface area contributed by atoms with Gasteiger partial charge in [0, 0.05) is 29.2 Å². The summed E-state index contributed by atoms with van der Waals surface area (Å²) in [5.41, 5.74) is 2.58. The normalized spacial score (nSPS) is 15.5. The molecule has 2 heterocycles. The summed E-state index contributed by atoms with van der Waals surface area (Å²) >= 11 is 1.56. The van der Waals surface area contributed by atoms with Gasteiger partial charge in [-0.15, -0.1) is 11.3 Å². The zero-order chi connectivity index (χ0) is 22.5. The number of methoxy groups -OCH3 is 1. The van der Waals surface area contributed by atoms with Crippen molar-refractivity contribution in [3.8, 4) is 11.5 Å². The minimum absolute atomic E-state index is 0.0391. The number of rotatable bonds is 7. The number of thiophene rings is 1. The third kappa shape index (κ3) is 5.11. The highest BCUT2D eigenvalue weighted by Crippen LogP contribution is 2.30. The molecule has 2 amide bonds. The summed E-state index contributed by atoms with van der Waals surface area (Å²) in [7, 11) is 1.63. The third-order valence-corrected chi connectivity index (χ3v) is 6.26. The average molecular weight is 451 g/mol. The van der Waals surface area contributed by atoms with E-state index in [1.807, 2.05) is 66.9 Å². The number of hydrogen-bond donors (Lipinski definition) is 1. The number of benzene rings is 2. The zero-order valence-corrected chi connectivity index (χ0v) is 19.0. The number of ether oxygens (including phenoxy) is 2. The highest BCUT2D eigenvalue weighted by molar-refractivity contribution is 7.10. The van der Waals surface area contributed by atoms with Crippen molar-refractivity contribution >= 4 is 28.8 Å². The lowest BCUT2D eigenvalue weighted by Gasteiger charge is -2.23. The molecule has 1 aliphatic rings. The number of carbonyl (C=O) groups is 2. The highest BCUT2D eigenvalue weighted by atomic mass is 32.1. The van der Waals surface area contributed by atoms with Crippen LogP contribution in [-0.4, -0.2) is 29.9 Å². The highest BCUT2D eigenvalue weighted by Gasteiger charge is 2.30. The molecule has 32 heavy (non-hydrogen) atoms. The fourth-order valence-electron chi connectivity index (χ4n) is 3.71. The third-order valence-electron chi connectivity index (χ3n) is 5.38. The Morgan fingerprint density at radius 1 is 1.22 bits per heavy atom. The smallest absolute Gasteiger partial charge is 0.264 e. The summed E-state index contributed by atoms with van der Waals surface area (Å²) in [5, 5.41) is 4.92. The number of hydrogen-bond acceptors (Lipinski definition) is 5. The van der Waals surface area contributed by atoms with Crippen molar-refractivity contribution in [2.24, 2.45) is 0 Å². The van der Waals surface area contributed by atoms with E-state index in [2.05, 4.69) is 5.32 Å². The van der Waals surface area contributed by atoms with E-state index in [0.717, 1.165) is 21.8 Å². The molecule has 166 valence electrons. The van der Waals surface area contributed by atoms with E-state index in [1.54, 1.807) is 23.3 Å². The van der Waals surface area contributed by atoms with Gasteiger partial charge in [0.25, 0.3) is 5.91 Å². The Hall–Kier alpha value is -3.32. The van der Waals surface area contributed by atoms with Gasteiger partial charge in [-0.1, -0.05) is 25.1 Å². The van der Waals surface area contributed by atoms with Gasteiger partial charge >= 0.3 is 0 Å². The average Bonchev–Trinajstić information content (AvgIpc) is 3.26. The number of nitrogens with zero attached hydrogens (tertiary/aromatic N) is 1. The molecular weight excluding hydrogens is 424 g/mol. The largest absolute Gasteiger partial charge is 0.497 e. The van der Waals surface area contributed by atoms with Crippen LogP contribution in [0, 0.1) is 0 Å². The van der Waals surface area contributed by atoms with Gasteiger partial charge in [0.1, 0.15) is 11.5 Å². The standard InChI is InChI=1S/C25H26N2O4S/c1-3-22-25(29)27(15-17-6-9-20(30-2)10-7-17)16-18-13-19(8-11-23(18)31-22)26-24(28)14-21-5-4-12-32-21/h4-13,22H,3,14-16H2,1-2H3,(H,26,28). The minimum atomic E-state index is -0.534. The zero-order valence-electron chi connectivity index (χ0n) is 18.2. The summed E-state index contributed by atoms with van der Waals surface area (Å²) in [6, 6.07) is 17.1. The summed E-state index contributed by atoms with van der Waals surface area (Å²) < 4.78 is 11.3. The summed E-state index contributed by atoms with van der Waals surface area (Å²) in [5.74, 6) is 1.35. The first-order chi connectivity index (χ1) is 15.6. The predicted molar refractivity (Wildman–Crippen MR) is 125 cm³/mol. The Morgan fingerprint density at radius 3 is 2.72 bits per heavy atom. The van der Waals surface area contributed by atoms with E-state index >= 15 is 0 Å². The molecule has 1 atom stereocenters. The molecule has 4 rings (SSSR count). The summed E-state index contributed by atoms with van der Waals surface area (Å²) in [6.07, 6.45) is 0.385. The molecule has 0 saturated heterocycles. The van der Waals surface area contributed by atoms with Crippen LogP contribution in [0.5, 0.6) is 11.5 Å². The lowest BCUT2D eigenvalue weighted by molar-refractivity contribution is -0.139. The summed E-state index contributed by atoms with van der Waals surface area (Å²) in [4.78, 5) is 28.4. The molecule has 2 aromatic carbocycles. The second kappa shape index (κ2) is 9.87. The van der Waals surface area contributed by atoms with Crippen LogP contribution in [0.15, 0.2) is 60.0 Å². The van der Waals surface area contributed by atoms with Gasteiger partial charge in [0.05, 0.1) is 13.5 Å². The van der Waals surface area contributed by atoms with E-state index in [9.17, 15) is 9.59 Å². The number of amides is 2. The lowest BCUT2D eigenvalue weighted by Crippen LogP contribution is -2.38. The van der Waals surface area contributed by atoms with Crippen LogP contribution in [0.2, 0.25) is 0 Å². The molecule has 0 radical (unpaired) electrons. The van der Waals surface area contributed by atoms with Crippen LogP contribution in [0.25, 0.3) is 0 Å². The van der Waals surface area contributed by atoms with Crippen LogP contribution >= 0.6 is 11.3 Å². The van der Waals surface area contributed by atoms with Crippen molar-refractivity contribution in [3.63, 3.8) is 0 Å². The maximum atomic E-state index is 13.1. The van der Waals surface area contributed by atoms with Gasteiger partial charge in [-0.25, -0.2) is 0 Å². The SMILES string of the molecule is CCC1Oc2ccc(NC(=O)Cc3cccs3)cc2CN(Cc2ccc(OC)cc2)C1=O. The molecule has 1 unspecified atom stereocenters. The number of anilines is 1. The Kier molecular flexibility index (Phi) is 6.75. The van der Waals surface area contributed by atoms with Crippen LogP contribution in [0.1, 0.15) is 29.3 Å². The minimum Gasteiger partial charge on any atom is -0.497 e. The van der Waals surface area contributed by atoms with E-state index in [-0.39, 0.29) is 11.8 Å². The molecule has 0 bridgehead atoms. The van der Waals surface area contributed by atoms with Gasteiger partial charge in [-0.05, 0) is 53.8 Å². The second-order valence-corrected chi connectivity index (χ2v) is 8.72. The van der Waals surface area contributed by atoms with Crippen molar-refractivity contribution in [1.82, 2.24) is 4.90 Å². The van der Waals surface area contributed by atoms with Crippen molar-refractivity contribution in [1.29, 1.82) is 0 Å². The Morgan fingerprint density at radius 2 is 2.03 bits per heavy atom. The first-order valence-electron chi connectivity index (χ1n) is 10.6. The molecular formula is C25H26N2O4S. The van der Waals surface area contributed by atoms with Gasteiger partial charge < -0.3 is 19.7 Å². The second-order valence-electron chi connectivity index (χ2n) is 7.68. The van der Waals surface area contributed by atoms with E-state index in [0.29, 0.717) is 37.4 Å². The lowest BCUT2D eigenvalue weighted by atomic mass is 10.1. The molecule has 1 aliphatic heterocycles.